The SMILES string of the molecule is CCC(OC(=O)c1ccccc1C(=O)O)OC(=O)c1cc([N+](=O)[O-])ccc1C(=O)O. The molecular formula is C19H15NO10. The minimum Gasteiger partial charge on any atom is -0.478 e. The average Bonchev–Trinajstić information content (AvgIpc) is 2.72. The standard InChI is InChI=1S/C19H15NO10/c1-2-15(29-18(25)13-6-4-3-5-11(13)16(21)22)30-19(26)14-9-10(20(27)28)7-8-12(14)17(23)24/h3-9,15H,2H2,1H3,(H,21,22)(H,23,24). The van der Waals surface area contributed by atoms with Crippen molar-refractivity contribution in [3.05, 3.63) is 74.8 Å². The van der Waals surface area contributed by atoms with Crippen LogP contribution < -0.4 is 0 Å². The van der Waals surface area contributed by atoms with Gasteiger partial charge in [0.25, 0.3) is 5.69 Å². The van der Waals surface area contributed by atoms with E-state index in [1.54, 1.807) is 0 Å². The molecule has 0 aromatic heterocycles. The number of nitrogens with zero attached hydrogens (tertiary/aromatic N) is 1. The molecule has 11 nitrogen and oxygen atoms in total. The van der Waals surface area contributed by atoms with E-state index >= 15 is 0 Å². The predicted octanol–water partition coefficient (Wildman–Crippen LogP) is 2.74. The molecule has 0 aliphatic rings. The van der Waals surface area contributed by atoms with Gasteiger partial charge in [0.15, 0.2) is 0 Å². The van der Waals surface area contributed by atoms with Gasteiger partial charge in [-0.15, -0.1) is 0 Å². The number of non-ortho nitro benzene ring substituents is 1. The Bertz CT molecular complexity index is 1030. The van der Waals surface area contributed by atoms with E-state index in [1.807, 2.05) is 0 Å². The van der Waals surface area contributed by atoms with Crippen molar-refractivity contribution >= 4 is 29.6 Å². The molecule has 11 heteroatoms. The second-order valence-electron chi connectivity index (χ2n) is 5.79. The number of rotatable bonds is 8. The number of carboxylic acid groups (broad SMARTS) is 2. The number of esters is 2. The number of aromatic carboxylic acids is 2. The monoisotopic (exact) mass is 417 g/mol. The molecule has 0 saturated carbocycles. The van der Waals surface area contributed by atoms with Gasteiger partial charge in [-0.1, -0.05) is 19.1 Å². The van der Waals surface area contributed by atoms with Gasteiger partial charge in [0.2, 0.25) is 6.29 Å². The van der Waals surface area contributed by atoms with Gasteiger partial charge in [0, 0.05) is 18.6 Å². The Kier molecular flexibility index (Phi) is 6.81. The van der Waals surface area contributed by atoms with E-state index in [0.29, 0.717) is 0 Å². The molecule has 2 aromatic carbocycles. The van der Waals surface area contributed by atoms with Gasteiger partial charge in [-0.25, -0.2) is 19.2 Å². The molecule has 1 atom stereocenters. The van der Waals surface area contributed by atoms with E-state index < -0.39 is 51.9 Å². The fraction of sp³-hybridized carbons (Fsp3) is 0.158. The number of hydrogen-bond acceptors (Lipinski definition) is 8. The number of nitro benzene ring substituents is 1. The molecule has 1 unspecified atom stereocenters. The molecule has 0 bridgehead atoms. The van der Waals surface area contributed by atoms with Crippen LogP contribution >= 0.6 is 0 Å². The quantitative estimate of drug-likeness (QED) is 0.282. The smallest absolute Gasteiger partial charge is 0.342 e. The highest BCUT2D eigenvalue weighted by molar-refractivity contribution is 6.04. The minimum atomic E-state index is -1.52. The molecule has 156 valence electrons. The van der Waals surface area contributed by atoms with Crippen molar-refractivity contribution in [1.29, 1.82) is 0 Å². The van der Waals surface area contributed by atoms with E-state index in [0.717, 1.165) is 18.2 Å². The Labute approximate surface area is 168 Å². The van der Waals surface area contributed by atoms with E-state index in [4.69, 9.17) is 14.6 Å². The highest BCUT2D eigenvalue weighted by Crippen LogP contribution is 2.21. The van der Waals surface area contributed by atoms with Crippen LogP contribution in [0.2, 0.25) is 0 Å². The third-order valence-electron chi connectivity index (χ3n) is 3.85. The lowest BCUT2D eigenvalue weighted by atomic mass is 10.1. The molecule has 0 spiro atoms. The summed E-state index contributed by atoms with van der Waals surface area (Å²) in [5.41, 5.74) is -2.27. The number of benzene rings is 2. The summed E-state index contributed by atoms with van der Waals surface area (Å²) in [6.07, 6.45) is -1.54. The Morgan fingerprint density at radius 1 is 0.900 bits per heavy atom. The molecule has 0 amide bonds. The van der Waals surface area contributed by atoms with Gasteiger partial charge in [-0.3, -0.25) is 10.1 Å². The van der Waals surface area contributed by atoms with Crippen LogP contribution in [0.25, 0.3) is 0 Å². The average molecular weight is 417 g/mol. The van der Waals surface area contributed by atoms with E-state index in [2.05, 4.69) is 0 Å². The first kappa shape index (κ1) is 22.0. The first-order valence-electron chi connectivity index (χ1n) is 8.41. The van der Waals surface area contributed by atoms with Crippen LogP contribution in [0.5, 0.6) is 0 Å². The number of hydrogen-bond donors (Lipinski definition) is 2. The number of ether oxygens (including phenoxy) is 2. The molecule has 0 aliphatic carbocycles. The Morgan fingerprint density at radius 2 is 1.40 bits per heavy atom. The number of carbonyl (C=O) groups is 4. The molecular weight excluding hydrogens is 402 g/mol. The number of carboxylic acids is 2. The van der Waals surface area contributed by atoms with Crippen molar-refractivity contribution < 1.29 is 43.8 Å². The molecule has 30 heavy (non-hydrogen) atoms. The predicted molar refractivity (Wildman–Crippen MR) is 98.4 cm³/mol. The molecule has 0 saturated heterocycles. The first-order chi connectivity index (χ1) is 14.1. The topological polar surface area (TPSA) is 170 Å². The molecule has 0 fully saturated rings. The van der Waals surface area contributed by atoms with Crippen LogP contribution in [-0.2, 0) is 9.47 Å². The van der Waals surface area contributed by atoms with Gasteiger partial charge < -0.3 is 19.7 Å². The van der Waals surface area contributed by atoms with Crippen LogP contribution in [0.4, 0.5) is 5.69 Å². The fourth-order valence-electron chi connectivity index (χ4n) is 2.41. The van der Waals surface area contributed by atoms with Crippen molar-refractivity contribution in [1.82, 2.24) is 0 Å². The number of nitro groups is 1. The summed E-state index contributed by atoms with van der Waals surface area (Å²) < 4.78 is 10.0. The Hall–Kier alpha value is -4.28. The van der Waals surface area contributed by atoms with Crippen molar-refractivity contribution in [3.8, 4) is 0 Å². The summed E-state index contributed by atoms with van der Waals surface area (Å²) in [4.78, 5) is 57.4. The fourth-order valence-corrected chi connectivity index (χ4v) is 2.41. The largest absolute Gasteiger partial charge is 0.478 e. The van der Waals surface area contributed by atoms with Crippen molar-refractivity contribution in [2.45, 2.75) is 19.6 Å². The van der Waals surface area contributed by atoms with Crippen LogP contribution in [-0.4, -0.2) is 45.3 Å². The third kappa shape index (κ3) is 4.95. The van der Waals surface area contributed by atoms with Crippen LogP contribution in [0.3, 0.4) is 0 Å². The zero-order valence-corrected chi connectivity index (χ0v) is 15.4. The Morgan fingerprint density at radius 3 is 1.90 bits per heavy atom. The number of carbonyl (C=O) groups excluding carboxylic acids is 2. The molecule has 2 rings (SSSR count). The molecule has 0 radical (unpaired) electrons. The maximum atomic E-state index is 12.4. The molecule has 2 N–H and O–H groups in total. The van der Waals surface area contributed by atoms with Crippen molar-refractivity contribution in [3.63, 3.8) is 0 Å². The lowest BCUT2D eigenvalue weighted by molar-refractivity contribution is -0.384. The van der Waals surface area contributed by atoms with Gasteiger partial charge in [0.1, 0.15) is 0 Å². The summed E-state index contributed by atoms with van der Waals surface area (Å²) in [5, 5.41) is 29.3. The van der Waals surface area contributed by atoms with Gasteiger partial charge in [-0.2, -0.15) is 0 Å². The highest BCUT2D eigenvalue weighted by Gasteiger charge is 2.26. The van der Waals surface area contributed by atoms with Gasteiger partial charge in [0.05, 0.1) is 27.2 Å². The second-order valence-corrected chi connectivity index (χ2v) is 5.79. The summed E-state index contributed by atoms with van der Waals surface area (Å²) in [7, 11) is 0. The van der Waals surface area contributed by atoms with Crippen LogP contribution in [0.15, 0.2) is 42.5 Å². The summed E-state index contributed by atoms with van der Waals surface area (Å²) >= 11 is 0. The minimum absolute atomic E-state index is 0.0515. The summed E-state index contributed by atoms with van der Waals surface area (Å²) in [5.74, 6) is -5.22. The van der Waals surface area contributed by atoms with E-state index in [-0.39, 0.29) is 17.5 Å². The normalized spacial score (nSPS) is 11.2. The maximum Gasteiger partial charge on any atom is 0.342 e. The molecule has 0 heterocycles. The summed E-state index contributed by atoms with van der Waals surface area (Å²) in [6.45, 7) is 1.49. The second kappa shape index (κ2) is 9.28. The zero-order valence-electron chi connectivity index (χ0n) is 15.4. The summed E-state index contributed by atoms with van der Waals surface area (Å²) in [6, 6.07) is 7.76. The highest BCUT2D eigenvalue weighted by atomic mass is 16.7. The van der Waals surface area contributed by atoms with Gasteiger partial charge >= 0.3 is 23.9 Å². The van der Waals surface area contributed by atoms with Gasteiger partial charge in [-0.05, 0) is 18.2 Å². The van der Waals surface area contributed by atoms with E-state index in [9.17, 15) is 34.4 Å². The third-order valence-corrected chi connectivity index (χ3v) is 3.85. The zero-order chi connectivity index (χ0) is 22.4. The van der Waals surface area contributed by atoms with Crippen molar-refractivity contribution in [2.24, 2.45) is 0 Å². The lowest BCUT2D eigenvalue weighted by Crippen LogP contribution is -2.26. The van der Waals surface area contributed by atoms with E-state index in [1.165, 1.54) is 31.2 Å². The molecule has 0 aliphatic heterocycles. The Balaban J connectivity index is 2.26. The molecule has 2 aromatic rings. The lowest BCUT2D eigenvalue weighted by Gasteiger charge is -2.18. The van der Waals surface area contributed by atoms with Crippen molar-refractivity contribution in [2.75, 3.05) is 0 Å². The van der Waals surface area contributed by atoms with Crippen LogP contribution in [0, 0.1) is 10.1 Å². The maximum absolute atomic E-state index is 12.4. The first-order valence-corrected chi connectivity index (χ1v) is 8.41. The van der Waals surface area contributed by atoms with Crippen LogP contribution in [0.1, 0.15) is 54.8 Å².